The normalized spacial score (nSPS) is 19.3. The quantitative estimate of drug-likeness (QED) is 0.756. The summed E-state index contributed by atoms with van der Waals surface area (Å²) in [6.45, 7) is 5.35. The number of rotatable bonds is 6. The Balaban J connectivity index is 2.34. The average Bonchev–Trinajstić information content (AvgIpc) is 2.85. The van der Waals surface area contributed by atoms with Gasteiger partial charge in [0.1, 0.15) is 6.04 Å². The van der Waals surface area contributed by atoms with Crippen molar-refractivity contribution in [2.24, 2.45) is 5.92 Å². The number of ether oxygens (including phenoxy) is 1. The van der Waals surface area contributed by atoms with Gasteiger partial charge < -0.3 is 10.1 Å². The maximum Gasteiger partial charge on any atom is 0.324 e. The predicted octanol–water partition coefficient (Wildman–Crippen LogP) is 1.61. The lowest BCUT2D eigenvalue weighted by atomic mass is 10.0. The zero-order valence-corrected chi connectivity index (χ0v) is 14.9. The van der Waals surface area contributed by atoms with Crippen LogP contribution in [0.5, 0.6) is 0 Å². The Morgan fingerprint density at radius 1 is 1.42 bits per heavy atom. The van der Waals surface area contributed by atoms with E-state index in [0.717, 1.165) is 0 Å². The van der Waals surface area contributed by atoms with E-state index in [-0.39, 0.29) is 16.7 Å². The number of amides is 1. The van der Waals surface area contributed by atoms with Crippen molar-refractivity contribution in [3.63, 3.8) is 0 Å². The number of methoxy groups -OCH3 is 1. The van der Waals surface area contributed by atoms with Crippen molar-refractivity contribution in [3.8, 4) is 0 Å². The molecule has 0 saturated carbocycles. The van der Waals surface area contributed by atoms with Crippen molar-refractivity contribution in [2.45, 2.75) is 44.0 Å². The predicted molar refractivity (Wildman–Crippen MR) is 89.1 cm³/mol. The summed E-state index contributed by atoms with van der Waals surface area (Å²) in [4.78, 5) is 23.6. The second-order valence-electron chi connectivity index (χ2n) is 5.97. The average molecular weight is 354 g/mol. The van der Waals surface area contributed by atoms with Crippen LogP contribution >= 0.6 is 0 Å². The number of hydrogen-bond donors (Lipinski definition) is 2. The molecule has 8 heteroatoms. The highest BCUT2D eigenvalue weighted by Gasteiger charge is 2.32. The van der Waals surface area contributed by atoms with E-state index in [1.807, 2.05) is 6.92 Å². The molecule has 1 aromatic carbocycles. The van der Waals surface area contributed by atoms with Gasteiger partial charge in [-0.1, -0.05) is 20.3 Å². The minimum Gasteiger partial charge on any atom is -0.468 e. The van der Waals surface area contributed by atoms with E-state index in [9.17, 15) is 18.0 Å². The number of esters is 1. The molecule has 0 aromatic heterocycles. The minimum absolute atomic E-state index is 0.0156. The van der Waals surface area contributed by atoms with E-state index >= 15 is 0 Å². The monoisotopic (exact) mass is 354 g/mol. The van der Waals surface area contributed by atoms with Crippen LogP contribution in [0.25, 0.3) is 0 Å². The van der Waals surface area contributed by atoms with Crippen molar-refractivity contribution in [1.82, 2.24) is 4.72 Å². The molecule has 0 fully saturated rings. The Labute approximate surface area is 141 Å². The molecule has 7 nitrogen and oxygen atoms in total. The van der Waals surface area contributed by atoms with E-state index in [4.69, 9.17) is 4.74 Å². The highest BCUT2D eigenvalue weighted by molar-refractivity contribution is 7.89. The van der Waals surface area contributed by atoms with E-state index in [2.05, 4.69) is 10.0 Å². The summed E-state index contributed by atoms with van der Waals surface area (Å²) in [5.74, 6) is -1.43. The lowest BCUT2D eigenvalue weighted by molar-refractivity contribution is -0.143. The summed E-state index contributed by atoms with van der Waals surface area (Å²) in [6, 6.07) is 3.47. The topological polar surface area (TPSA) is 102 Å². The molecule has 0 aliphatic carbocycles. The van der Waals surface area contributed by atoms with Gasteiger partial charge in [0.15, 0.2) is 0 Å². The zero-order chi connectivity index (χ0) is 18.1. The number of benzene rings is 1. The minimum atomic E-state index is -3.92. The first-order valence-corrected chi connectivity index (χ1v) is 9.24. The summed E-state index contributed by atoms with van der Waals surface area (Å²) < 4.78 is 32.4. The molecule has 1 heterocycles. The SMILES string of the molecule is CC[C@H](C)[C@@H](NS(=O)(=O)c1ccc2c(c1)[C@H](C)C(=O)N2)C(=O)OC. The molecular formula is C16H22N2O5S. The van der Waals surface area contributed by atoms with Gasteiger partial charge in [-0.2, -0.15) is 4.72 Å². The van der Waals surface area contributed by atoms with Crippen molar-refractivity contribution in [1.29, 1.82) is 0 Å². The van der Waals surface area contributed by atoms with Gasteiger partial charge in [-0.05, 0) is 36.6 Å². The van der Waals surface area contributed by atoms with Crippen molar-refractivity contribution >= 4 is 27.6 Å². The van der Waals surface area contributed by atoms with E-state index in [1.54, 1.807) is 19.9 Å². The van der Waals surface area contributed by atoms with Gasteiger partial charge in [-0.25, -0.2) is 8.42 Å². The molecule has 2 rings (SSSR count). The molecule has 132 valence electrons. The lowest BCUT2D eigenvalue weighted by Crippen LogP contribution is -2.45. The smallest absolute Gasteiger partial charge is 0.324 e. The lowest BCUT2D eigenvalue weighted by Gasteiger charge is -2.22. The number of nitrogens with one attached hydrogen (secondary N) is 2. The van der Waals surface area contributed by atoms with E-state index < -0.39 is 28.0 Å². The van der Waals surface area contributed by atoms with E-state index in [0.29, 0.717) is 17.7 Å². The van der Waals surface area contributed by atoms with Crippen LogP contribution in [-0.4, -0.2) is 33.4 Å². The number of hydrogen-bond acceptors (Lipinski definition) is 5. The second-order valence-corrected chi connectivity index (χ2v) is 7.68. The fourth-order valence-electron chi connectivity index (χ4n) is 2.56. The molecule has 1 aromatic rings. The third-order valence-electron chi connectivity index (χ3n) is 4.40. The number of carbonyl (C=O) groups excluding carboxylic acids is 2. The maximum atomic E-state index is 12.6. The van der Waals surface area contributed by atoms with E-state index in [1.165, 1.54) is 19.2 Å². The number of fused-ring (bicyclic) bond motifs is 1. The largest absolute Gasteiger partial charge is 0.468 e. The first-order valence-electron chi connectivity index (χ1n) is 7.76. The van der Waals surface area contributed by atoms with Crippen LogP contribution in [0, 0.1) is 5.92 Å². The molecule has 2 N–H and O–H groups in total. The van der Waals surface area contributed by atoms with Gasteiger partial charge in [0.05, 0.1) is 17.9 Å². The molecule has 0 bridgehead atoms. The van der Waals surface area contributed by atoms with Gasteiger partial charge in [-0.15, -0.1) is 0 Å². The Morgan fingerprint density at radius 3 is 2.67 bits per heavy atom. The first-order chi connectivity index (χ1) is 11.2. The zero-order valence-electron chi connectivity index (χ0n) is 14.1. The van der Waals surface area contributed by atoms with Crippen LogP contribution in [0.1, 0.15) is 38.7 Å². The number of anilines is 1. The molecule has 0 saturated heterocycles. The van der Waals surface area contributed by atoms with Crippen molar-refractivity contribution < 1.29 is 22.7 Å². The van der Waals surface area contributed by atoms with Crippen molar-refractivity contribution in [3.05, 3.63) is 23.8 Å². The fourth-order valence-corrected chi connectivity index (χ4v) is 3.88. The van der Waals surface area contributed by atoms with Gasteiger partial charge in [0.2, 0.25) is 15.9 Å². The molecule has 0 unspecified atom stereocenters. The highest BCUT2D eigenvalue weighted by Crippen LogP contribution is 2.33. The summed E-state index contributed by atoms with van der Waals surface area (Å²) in [5, 5.41) is 2.69. The van der Waals surface area contributed by atoms with Gasteiger partial charge in [0.25, 0.3) is 0 Å². The third kappa shape index (κ3) is 3.44. The molecule has 3 atom stereocenters. The Hall–Kier alpha value is -1.93. The Kier molecular flexibility index (Phi) is 5.29. The Bertz CT molecular complexity index is 760. The number of carbonyl (C=O) groups is 2. The van der Waals surface area contributed by atoms with Crippen LogP contribution in [0.2, 0.25) is 0 Å². The molecule has 1 aliphatic rings. The summed E-state index contributed by atoms with van der Waals surface area (Å²) in [6.07, 6.45) is 0.613. The van der Waals surface area contributed by atoms with Gasteiger partial charge in [0, 0.05) is 5.69 Å². The molecule has 1 amide bonds. The van der Waals surface area contributed by atoms with Crippen LogP contribution in [0.3, 0.4) is 0 Å². The van der Waals surface area contributed by atoms with Crippen LogP contribution in [0.4, 0.5) is 5.69 Å². The van der Waals surface area contributed by atoms with Gasteiger partial charge in [-0.3, -0.25) is 9.59 Å². The van der Waals surface area contributed by atoms with Crippen LogP contribution < -0.4 is 10.0 Å². The summed E-state index contributed by atoms with van der Waals surface area (Å²) in [7, 11) is -2.70. The summed E-state index contributed by atoms with van der Waals surface area (Å²) in [5.41, 5.74) is 1.24. The van der Waals surface area contributed by atoms with Crippen molar-refractivity contribution in [2.75, 3.05) is 12.4 Å². The second kappa shape index (κ2) is 6.90. The summed E-state index contributed by atoms with van der Waals surface area (Å²) >= 11 is 0. The van der Waals surface area contributed by atoms with Crippen LogP contribution in [-0.2, 0) is 24.3 Å². The molecular weight excluding hydrogens is 332 g/mol. The number of sulfonamides is 1. The fraction of sp³-hybridized carbons (Fsp3) is 0.500. The Morgan fingerprint density at radius 2 is 2.08 bits per heavy atom. The standard InChI is InChI=1S/C16H22N2O5S/c1-5-9(2)14(16(20)23-4)18-24(21,22)11-6-7-13-12(8-11)10(3)15(19)17-13/h6-10,14,18H,5H2,1-4H3,(H,17,19)/t9-,10-,14+/m0/s1. The molecule has 0 spiro atoms. The third-order valence-corrected chi connectivity index (χ3v) is 5.84. The molecule has 24 heavy (non-hydrogen) atoms. The van der Waals surface area contributed by atoms with Crippen LogP contribution in [0.15, 0.2) is 23.1 Å². The molecule has 0 radical (unpaired) electrons. The molecule has 1 aliphatic heterocycles. The van der Waals surface area contributed by atoms with Gasteiger partial charge >= 0.3 is 5.97 Å². The maximum absolute atomic E-state index is 12.6. The highest BCUT2D eigenvalue weighted by atomic mass is 32.2. The first kappa shape index (κ1) is 18.4.